The van der Waals surface area contributed by atoms with E-state index in [0.717, 1.165) is 11.3 Å². The topological polar surface area (TPSA) is 92.7 Å². The molecule has 3 aromatic heterocycles. The molecule has 0 atom stereocenters. The zero-order chi connectivity index (χ0) is 18.8. The first kappa shape index (κ1) is 17.9. The van der Waals surface area contributed by atoms with E-state index >= 15 is 0 Å². The highest BCUT2D eigenvalue weighted by Gasteiger charge is 2.18. The Morgan fingerprint density at radius 2 is 2.08 bits per heavy atom. The van der Waals surface area contributed by atoms with Crippen LogP contribution in [0.4, 0.5) is 0 Å². The summed E-state index contributed by atoms with van der Waals surface area (Å²) in [5.41, 5.74) is 3.38. The highest BCUT2D eigenvalue weighted by molar-refractivity contribution is 6.36. The highest BCUT2D eigenvalue weighted by atomic mass is 35.5. The van der Waals surface area contributed by atoms with Crippen LogP contribution in [0.2, 0.25) is 5.02 Å². The van der Waals surface area contributed by atoms with Gasteiger partial charge < -0.3 is 10.3 Å². The van der Waals surface area contributed by atoms with E-state index in [9.17, 15) is 9.59 Å². The average Bonchev–Trinajstić information content (AvgIpc) is 2.99. The minimum atomic E-state index is -0.375. The lowest BCUT2D eigenvalue weighted by Crippen LogP contribution is -2.28. The number of rotatable bonds is 4. The van der Waals surface area contributed by atoms with Crippen LogP contribution in [0.5, 0.6) is 0 Å². The zero-order valence-corrected chi connectivity index (χ0v) is 15.4. The van der Waals surface area contributed by atoms with Gasteiger partial charge >= 0.3 is 0 Å². The second-order valence-corrected chi connectivity index (χ2v) is 6.36. The fraction of sp³-hybridized carbons (Fsp3) is 0.222. The lowest BCUT2D eigenvalue weighted by molar-refractivity contribution is 0.0951. The second kappa shape index (κ2) is 7.13. The van der Waals surface area contributed by atoms with Crippen molar-refractivity contribution in [2.75, 3.05) is 0 Å². The standard InChI is InChI=1S/C18H18ClN5O2/c1-10-8-11(2)23-18(26)13(10)9-21-17(25)12-4-6-20-16(15(12)19)14-5-7-22-24(14)3/h4-8H,9H2,1-3H3,(H,21,25)(H,23,26). The number of hydrogen-bond donors (Lipinski definition) is 2. The van der Waals surface area contributed by atoms with Gasteiger partial charge in [-0.25, -0.2) is 0 Å². The molecule has 0 aliphatic heterocycles. The molecule has 3 heterocycles. The molecule has 0 saturated carbocycles. The molecule has 0 bridgehead atoms. The van der Waals surface area contributed by atoms with Gasteiger partial charge in [-0.05, 0) is 37.6 Å². The first-order valence-corrected chi connectivity index (χ1v) is 8.36. The summed E-state index contributed by atoms with van der Waals surface area (Å²) in [6, 6.07) is 5.18. The van der Waals surface area contributed by atoms with Gasteiger partial charge in [-0.15, -0.1) is 0 Å². The molecule has 134 valence electrons. The normalized spacial score (nSPS) is 10.8. The Hall–Kier alpha value is -2.93. The van der Waals surface area contributed by atoms with Gasteiger partial charge in [0.15, 0.2) is 0 Å². The zero-order valence-electron chi connectivity index (χ0n) is 14.6. The maximum atomic E-state index is 12.6. The van der Waals surface area contributed by atoms with Crippen molar-refractivity contribution in [2.45, 2.75) is 20.4 Å². The number of halogens is 1. The van der Waals surface area contributed by atoms with Crippen LogP contribution in [0.15, 0.2) is 35.4 Å². The predicted octanol–water partition coefficient (Wildman–Crippen LogP) is 2.37. The van der Waals surface area contributed by atoms with E-state index in [0.29, 0.717) is 22.5 Å². The molecule has 0 saturated heterocycles. The summed E-state index contributed by atoms with van der Waals surface area (Å²) in [5.74, 6) is -0.375. The molecule has 0 aromatic carbocycles. The van der Waals surface area contributed by atoms with Crippen LogP contribution in [-0.2, 0) is 13.6 Å². The van der Waals surface area contributed by atoms with E-state index in [1.54, 1.807) is 30.1 Å². The molecular weight excluding hydrogens is 354 g/mol. The van der Waals surface area contributed by atoms with Gasteiger partial charge in [0.2, 0.25) is 0 Å². The van der Waals surface area contributed by atoms with Crippen molar-refractivity contribution in [3.63, 3.8) is 0 Å². The molecule has 7 nitrogen and oxygen atoms in total. The number of H-pyrrole nitrogens is 1. The van der Waals surface area contributed by atoms with Crippen molar-refractivity contribution in [3.8, 4) is 11.4 Å². The number of aryl methyl sites for hydroxylation is 3. The summed E-state index contributed by atoms with van der Waals surface area (Å²) in [7, 11) is 1.77. The smallest absolute Gasteiger partial charge is 0.253 e. The van der Waals surface area contributed by atoms with Crippen molar-refractivity contribution in [1.82, 2.24) is 25.1 Å². The third kappa shape index (κ3) is 3.39. The second-order valence-electron chi connectivity index (χ2n) is 5.99. The van der Waals surface area contributed by atoms with Gasteiger partial charge in [0.1, 0.15) is 5.69 Å². The third-order valence-electron chi connectivity index (χ3n) is 4.12. The van der Waals surface area contributed by atoms with E-state index in [1.165, 1.54) is 6.20 Å². The fourth-order valence-electron chi connectivity index (χ4n) is 2.77. The van der Waals surface area contributed by atoms with Crippen LogP contribution < -0.4 is 10.9 Å². The molecule has 3 rings (SSSR count). The molecule has 1 amide bonds. The number of carbonyl (C=O) groups excluding carboxylic acids is 1. The third-order valence-corrected chi connectivity index (χ3v) is 4.50. The van der Waals surface area contributed by atoms with E-state index in [1.807, 2.05) is 19.9 Å². The summed E-state index contributed by atoms with van der Waals surface area (Å²) in [6.07, 6.45) is 3.15. The van der Waals surface area contributed by atoms with Gasteiger partial charge in [-0.1, -0.05) is 11.6 Å². The maximum Gasteiger partial charge on any atom is 0.253 e. The molecule has 0 aliphatic carbocycles. The Balaban J connectivity index is 1.86. The Bertz CT molecular complexity index is 1040. The van der Waals surface area contributed by atoms with Crippen molar-refractivity contribution in [2.24, 2.45) is 7.05 Å². The van der Waals surface area contributed by atoms with E-state index in [-0.39, 0.29) is 23.0 Å². The van der Waals surface area contributed by atoms with Crippen LogP contribution in [-0.4, -0.2) is 25.7 Å². The first-order chi connectivity index (χ1) is 12.4. The molecule has 0 fully saturated rings. The molecule has 0 unspecified atom stereocenters. The van der Waals surface area contributed by atoms with Crippen molar-refractivity contribution in [3.05, 3.63) is 68.4 Å². The molecule has 26 heavy (non-hydrogen) atoms. The highest BCUT2D eigenvalue weighted by Crippen LogP contribution is 2.28. The van der Waals surface area contributed by atoms with Gasteiger partial charge in [0.05, 0.1) is 16.3 Å². The fourth-order valence-corrected chi connectivity index (χ4v) is 3.06. The number of nitrogens with zero attached hydrogens (tertiary/aromatic N) is 3. The predicted molar refractivity (Wildman–Crippen MR) is 99.2 cm³/mol. The number of carbonyl (C=O) groups is 1. The first-order valence-electron chi connectivity index (χ1n) is 7.99. The van der Waals surface area contributed by atoms with Gasteiger partial charge in [0.25, 0.3) is 11.5 Å². The molecule has 3 aromatic rings. The quantitative estimate of drug-likeness (QED) is 0.736. The minimum absolute atomic E-state index is 0.111. The van der Waals surface area contributed by atoms with Gasteiger partial charge in [-0.3, -0.25) is 19.3 Å². The number of aromatic nitrogens is 4. The number of hydrogen-bond acceptors (Lipinski definition) is 4. The molecule has 2 N–H and O–H groups in total. The molecule has 8 heteroatoms. The summed E-state index contributed by atoms with van der Waals surface area (Å²) in [4.78, 5) is 31.6. The summed E-state index contributed by atoms with van der Waals surface area (Å²) >= 11 is 6.40. The largest absolute Gasteiger partial charge is 0.348 e. The molecule has 0 aliphatic rings. The van der Waals surface area contributed by atoms with Gasteiger partial charge in [-0.2, -0.15) is 5.10 Å². The lowest BCUT2D eigenvalue weighted by atomic mass is 10.1. The number of aromatic amines is 1. The average molecular weight is 372 g/mol. The minimum Gasteiger partial charge on any atom is -0.348 e. The Morgan fingerprint density at radius 1 is 1.31 bits per heavy atom. The summed E-state index contributed by atoms with van der Waals surface area (Å²) in [6.45, 7) is 3.76. The number of pyridine rings is 2. The van der Waals surface area contributed by atoms with Gasteiger partial charge in [0, 0.05) is 37.2 Å². The molecule has 0 spiro atoms. The van der Waals surface area contributed by atoms with Crippen molar-refractivity contribution >= 4 is 17.5 Å². The monoisotopic (exact) mass is 371 g/mol. The van der Waals surface area contributed by atoms with E-state index in [2.05, 4.69) is 20.4 Å². The number of amides is 1. The molecular formula is C18H18ClN5O2. The Morgan fingerprint density at radius 3 is 2.73 bits per heavy atom. The SMILES string of the molecule is Cc1cc(C)c(CNC(=O)c2ccnc(-c3ccnn3C)c2Cl)c(=O)[nH]1. The van der Waals surface area contributed by atoms with Crippen molar-refractivity contribution < 1.29 is 4.79 Å². The lowest BCUT2D eigenvalue weighted by Gasteiger charge is -2.11. The van der Waals surface area contributed by atoms with Crippen LogP contribution in [0, 0.1) is 13.8 Å². The van der Waals surface area contributed by atoms with Crippen LogP contribution >= 0.6 is 11.6 Å². The summed E-state index contributed by atoms with van der Waals surface area (Å²) in [5, 5.41) is 7.08. The molecule has 0 radical (unpaired) electrons. The van der Waals surface area contributed by atoms with E-state index < -0.39 is 0 Å². The van der Waals surface area contributed by atoms with Crippen LogP contribution in [0.3, 0.4) is 0 Å². The van der Waals surface area contributed by atoms with Crippen LogP contribution in [0.25, 0.3) is 11.4 Å². The van der Waals surface area contributed by atoms with Crippen LogP contribution in [0.1, 0.15) is 27.2 Å². The maximum absolute atomic E-state index is 12.6. The number of nitrogens with one attached hydrogen (secondary N) is 2. The summed E-state index contributed by atoms with van der Waals surface area (Å²) < 4.78 is 1.63. The van der Waals surface area contributed by atoms with E-state index in [4.69, 9.17) is 11.6 Å². The Kier molecular flexibility index (Phi) is 4.90. The van der Waals surface area contributed by atoms with Crippen molar-refractivity contribution in [1.29, 1.82) is 0 Å². The Labute approximate surface area is 155 Å².